The van der Waals surface area contributed by atoms with E-state index in [0.717, 1.165) is 12.8 Å². The predicted molar refractivity (Wildman–Crippen MR) is 90.8 cm³/mol. The molecular weight excluding hydrogens is 312 g/mol. The van der Waals surface area contributed by atoms with E-state index in [2.05, 4.69) is 5.32 Å². The van der Waals surface area contributed by atoms with Crippen LogP contribution in [0.3, 0.4) is 0 Å². The van der Waals surface area contributed by atoms with Crippen molar-refractivity contribution >= 4 is 17.8 Å². The first-order chi connectivity index (χ1) is 11.1. The highest BCUT2D eigenvalue weighted by Crippen LogP contribution is 2.15. The molecule has 7 nitrogen and oxygen atoms in total. The van der Waals surface area contributed by atoms with Crippen LogP contribution in [0.15, 0.2) is 0 Å². The van der Waals surface area contributed by atoms with E-state index in [4.69, 9.17) is 15.2 Å². The Morgan fingerprint density at radius 1 is 1.04 bits per heavy atom. The summed E-state index contributed by atoms with van der Waals surface area (Å²) in [6.45, 7) is 9.05. The molecular formula is C17H32N2O5. The zero-order valence-electron chi connectivity index (χ0n) is 15.5. The molecule has 0 fully saturated rings. The number of unbranched alkanes of at least 4 members (excludes halogenated alkanes) is 2. The third-order valence-corrected chi connectivity index (χ3v) is 3.39. The lowest BCUT2D eigenvalue weighted by molar-refractivity contribution is -0.170. The van der Waals surface area contributed by atoms with Gasteiger partial charge < -0.3 is 20.5 Å². The lowest BCUT2D eigenvalue weighted by atomic mass is 9.94. The number of carbonyl (C=O) groups is 3. The highest BCUT2D eigenvalue weighted by atomic mass is 16.7. The summed E-state index contributed by atoms with van der Waals surface area (Å²) in [5, 5.41) is 2.68. The number of hydrogen-bond acceptors (Lipinski definition) is 6. The van der Waals surface area contributed by atoms with E-state index >= 15 is 0 Å². The Morgan fingerprint density at radius 2 is 1.67 bits per heavy atom. The predicted octanol–water partition coefficient (Wildman–Crippen LogP) is 1.74. The summed E-state index contributed by atoms with van der Waals surface area (Å²) in [6, 6.07) is -0.778. The highest BCUT2D eigenvalue weighted by molar-refractivity contribution is 5.87. The van der Waals surface area contributed by atoms with Gasteiger partial charge >= 0.3 is 11.9 Å². The van der Waals surface area contributed by atoms with Gasteiger partial charge in [0, 0.05) is 11.8 Å². The number of esters is 2. The Balaban J connectivity index is 4.25. The second kappa shape index (κ2) is 11.0. The summed E-state index contributed by atoms with van der Waals surface area (Å²) in [7, 11) is 0. The minimum atomic E-state index is -0.778. The average Bonchev–Trinajstić information content (AvgIpc) is 2.47. The maximum absolute atomic E-state index is 12.1. The Bertz CT molecular complexity index is 416. The molecule has 0 aliphatic heterocycles. The van der Waals surface area contributed by atoms with Crippen LogP contribution in [-0.4, -0.2) is 37.2 Å². The van der Waals surface area contributed by atoms with Gasteiger partial charge in [-0.15, -0.1) is 0 Å². The molecule has 0 radical (unpaired) electrons. The van der Waals surface area contributed by atoms with Crippen molar-refractivity contribution in [1.82, 2.24) is 5.32 Å². The van der Waals surface area contributed by atoms with E-state index in [9.17, 15) is 14.4 Å². The van der Waals surface area contributed by atoms with E-state index < -0.39 is 30.2 Å². The fourth-order valence-electron chi connectivity index (χ4n) is 1.76. The molecule has 0 aliphatic rings. The first kappa shape index (κ1) is 22.4. The van der Waals surface area contributed by atoms with Crippen LogP contribution in [-0.2, 0) is 23.9 Å². The van der Waals surface area contributed by atoms with E-state index in [0.29, 0.717) is 13.0 Å². The maximum atomic E-state index is 12.1. The first-order valence-electron chi connectivity index (χ1n) is 8.43. The van der Waals surface area contributed by atoms with Gasteiger partial charge in [-0.05, 0) is 25.3 Å². The van der Waals surface area contributed by atoms with Crippen molar-refractivity contribution in [3.05, 3.63) is 0 Å². The second-order valence-electron chi connectivity index (χ2n) is 7.14. The molecule has 0 heterocycles. The number of amides is 1. The number of nitrogens with two attached hydrogens (primary N) is 1. The molecule has 0 bridgehead atoms. The van der Waals surface area contributed by atoms with E-state index in [1.54, 1.807) is 34.6 Å². The molecule has 1 atom stereocenters. The Kier molecular flexibility index (Phi) is 10.3. The summed E-state index contributed by atoms with van der Waals surface area (Å²) < 4.78 is 9.83. The summed E-state index contributed by atoms with van der Waals surface area (Å²) >= 11 is 0. The van der Waals surface area contributed by atoms with Gasteiger partial charge in [0.05, 0.1) is 0 Å². The molecule has 0 saturated carbocycles. The second-order valence-corrected chi connectivity index (χ2v) is 7.14. The number of ether oxygens (including phenoxy) is 2. The SMILES string of the molecule is CC(C)[C@H](NC(=O)C(C)(C)C)C(=O)OCOC(=O)CCCCCN. The summed E-state index contributed by atoms with van der Waals surface area (Å²) in [4.78, 5) is 35.6. The maximum Gasteiger partial charge on any atom is 0.331 e. The number of hydrogen-bond donors (Lipinski definition) is 2. The van der Waals surface area contributed by atoms with Crippen molar-refractivity contribution in [1.29, 1.82) is 0 Å². The summed E-state index contributed by atoms with van der Waals surface area (Å²) in [5.41, 5.74) is 4.76. The van der Waals surface area contributed by atoms with Crippen LogP contribution in [0.2, 0.25) is 0 Å². The van der Waals surface area contributed by atoms with Crippen molar-refractivity contribution in [2.45, 2.75) is 66.3 Å². The Labute approximate surface area is 144 Å². The van der Waals surface area contributed by atoms with Crippen LogP contribution in [0.5, 0.6) is 0 Å². The van der Waals surface area contributed by atoms with Gasteiger partial charge in [-0.25, -0.2) is 4.79 Å². The molecule has 0 aromatic heterocycles. The van der Waals surface area contributed by atoms with Gasteiger partial charge in [-0.3, -0.25) is 9.59 Å². The Morgan fingerprint density at radius 3 is 2.17 bits per heavy atom. The molecule has 0 aromatic carbocycles. The topological polar surface area (TPSA) is 108 Å². The monoisotopic (exact) mass is 344 g/mol. The van der Waals surface area contributed by atoms with Gasteiger partial charge in [-0.1, -0.05) is 41.0 Å². The van der Waals surface area contributed by atoms with Crippen molar-refractivity contribution < 1.29 is 23.9 Å². The van der Waals surface area contributed by atoms with Gasteiger partial charge in [0.25, 0.3) is 0 Å². The zero-order chi connectivity index (χ0) is 18.8. The molecule has 7 heteroatoms. The van der Waals surface area contributed by atoms with Crippen LogP contribution in [0, 0.1) is 11.3 Å². The molecule has 0 unspecified atom stereocenters. The zero-order valence-corrected chi connectivity index (χ0v) is 15.5. The molecule has 1 amide bonds. The van der Waals surface area contributed by atoms with Crippen LogP contribution in [0.25, 0.3) is 0 Å². The smallest absolute Gasteiger partial charge is 0.331 e. The molecule has 0 aromatic rings. The van der Waals surface area contributed by atoms with Crippen molar-refractivity contribution in [2.75, 3.05) is 13.3 Å². The molecule has 24 heavy (non-hydrogen) atoms. The van der Waals surface area contributed by atoms with E-state index in [-0.39, 0.29) is 18.2 Å². The summed E-state index contributed by atoms with van der Waals surface area (Å²) in [5.74, 6) is -1.41. The lowest BCUT2D eigenvalue weighted by Gasteiger charge is -2.25. The highest BCUT2D eigenvalue weighted by Gasteiger charge is 2.30. The normalized spacial score (nSPS) is 12.6. The average molecular weight is 344 g/mol. The van der Waals surface area contributed by atoms with Gasteiger partial charge in [-0.2, -0.15) is 0 Å². The van der Waals surface area contributed by atoms with E-state index in [1.165, 1.54) is 0 Å². The van der Waals surface area contributed by atoms with Gasteiger partial charge in [0.15, 0.2) is 0 Å². The quantitative estimate of drug-likeness (QED) is 0.355. The number of nitrogens with one attached hydrogen (secondary N) is 1. The summed E-state index contributed by atoms with van der Waals surface area (Å²) in [6.07, 6.45) is 2.69. The fraction of sp³-hybridized carbons (Fsp3) is 0.824. The van der Waals surface area contributed by atoms with Crippen LogP contribution in [0.1, 0.15) is 60.3 Å². The fourth-order valence-corrected chi connectivity index (χ4v) is 1.76. The third kappa shape index (κ3) is 9.50. The van der Waals surface area contributed by atoms with Crippen LogP contribution < -0.4 is 11.1 Å². The van der Waals surface area contributed by atoms with Crippen molar-refractivity contribution in [3.8, 4) is 0 Å². The first-order valence-corrected chi connectivity index (χ1v) is 8.43. The van der Waals surface area contributed by atoms with E-state index in [1.807, 2.05) is 0 Å². The standard InChI is InChI=1S/C17H32N2O5/c1-12(2)14(19-16(22)17(3,4)5)15(21)24-11-23-13(20)9-7-6-8-10-18/h12,14H,6-11,18H2,1-5H3,(H,19,22)/t14-/m0/s1. The third-order valence-electron chi connectivity index (χ3n) is 3.39. The molecule has 140 valence electrons. The molecule has 0 spiro atoms. The molecule has 0 rings (SSSR count). The Hall–Kier alpha value is -1.63. The van der Waals surface area contributed by atoms with Gasteiger partial charge in [0.1, 0.15) is 6.04 Å². The van der Waals surface area contributed by atoms with Crippen LogP contribution in [0.4, 0.5) is 0 Å². The lowest BCUT2D eigenvalue weighted by Crippen LogP contribution is -2.49. The van der Waals surface area contributed by atoms with Gasteiger partial charge in [0.2, 0.25) is 12.7 Å². The molecule has 0 aliphatic carbocycles. The molecule has 0 saturated heterocycles. The largest absolute Gasteiger partial charge is 0.428 e. The minimum Gasteiger partial charge on any atom is -0.428 e. The van der Waals surface area contributed by atoms with Crippen molar-refractivity contribution in [2.24, 2.45) is 17.1 Å². The van der Waals surface area contributed by atoms with Crippen molar-refractivity contribution in [3.63, 3.8) is 0 Å². The molecule has 3 N–H and O–H groups in total. The minimum absolute atomic E-state index is 0.143. The number of carbonyl (C=O) groups excluding carboxylic acids is 3. The van der Waals surface area contributed by atoms with Crippen LogP contribution >= 0.6 is 0 Å². The number of rotatable bonds is 10.